The molecule has 1 heterocycles. The predicted molar refractivity (Wildman–Crippen MR) is 256 cm³/mol. The van der Waals surface area contributed by atoms with Crippen LogP contribution in [0.15, 0.2) is 48.6 Å². The number of unbranched alkanes of at least 4 members (excludes halogenated alkanes) is 24. The summed E-state index contributed by atoms with van der Waals surface area (Å²) in [4.78, 5) is 25.4. The van der Waals surface area contributed by atoms with Crippen LogP contribution in [0.5, 0.6) is 0 Å². The summed E-state index contributed by atoms with van der Waals surface area (Å²) < 4.78 is 22.2. The Morgan fingerprint density at radius 2 is 0.889 bits per heavy atom. The van der Waals surface area contributed by atoms with Crippen LogP contribution < -0.4 is 0 Å². The molecule has 0 radical (unpaired) electrons. The molecule has 4 N–H and O–H groups in total. The smallest absolute Gasteiger partial charge is 0.306 e. The molecular weight excluding hydrogens is 797 g/mol. The zero-order valence-corrected chi connectivity index (χ0v) is 40.1. The van der Waals surface area contributed by atoms with Crippen molar-refractivity contribution in [2.75, 3.05) is 19.8 Å². The molecule has 0 aliphatic carbocycles. The predicted octanol–water partition coefficient (Wildman–Crippen LogP) is 12.0. The third-order valence-corrected chi connectivity index (χ3v) is 11.7. The number of ether oxygens (including phenoxy) is 4. The van der Waals surface area contributed by atoms with E-state index >= 15 is 0 Å². The van der Waals surface area contributed by atoms with E-state index in [1.165, 1.54) is 122 Å². The van der Waals surface area contributed by atoms with Gasteiger partial charge in [0.1, 0.15) is 31.0 Å². The van der Waals surface area contributed by atoms with E-state index in [1.807, 2.05) is 0 Å². The van der Waals surface area contributed by atoms with Crippen molar-refractivity contribution >= 4 is 11.9 Å². The lowest BCUT2D eigenvalue weighted by molar-refractivity contribution is -0.305. The van der Waals surface area contributed by atoms with Gasteiger partial charge >= 0.3 is 11.9 Å². The second-order valence-electron chi connectivity index (χ2n) is 17.6. The first-order valence-corrected chi connectivity index (χ1v) is 25.7. The maximum Gasteiger partial charge on any atom is 0.306 e. The summed E-state index contributed by atoms with van der Waals surface area (Å²) in [6.45, 7) is 3.39. The van der Waals surface area contributed by atoms with Crippen LogP contribution in [0, 0.1) is 0 Å². The van der Waals surface area contributed by atoms with E-state index < -0.39 is 55.4 Å². The lowest BCUT2D eigenvalue weighted by Crippen LogP contribution is -2.59. The van der Waals surface area contributed by atoms with Gasteiger partial charge in [-0.05, 0) is 77.0 Å². The molecule has 1 fully saturated rings. The molecule has 366 valence electrons. The van der Waals surface area contributed by atoms with E-state index in [2.05, 4.69) is 62.5 Å². The number of rotatable bonds is 43. The highest BCUT2D eigenvalue weighted by Gasteiger charge is 2.44. The molecule has 2 unspecified atom stereocenters. The minimum Gasteiger partial charge on any atom is -0.462 e. The second-order valence-corrected chi connectivity index (χ2v) is 17.6. The highest BCUT2D eigenvalue weighted by atomic mass is 16.7. The summed E-state index contributed by atoms with van der Waals surface area (Å²) in [5.74, 6) is -0.828. The molecule has 10 heteroatoms. The fraction of sp³-hybridized carbons (Fsp3) is 0.811. The summed E-state index contributed by atoms with van der Waals surface area (Å²) in [6, 6.07) is 0. The van der Waals surface area contributed by atoms with Crippen LogP contribution in [0.1, 0.15) is 219 Å². The number of carbonyl (C=O) groups is 2. The van der Waals surface area contributed by atoms with Crippen molar-refractivity contribution < 1.29 is 49.0 Å². The Balaban J connectivity index is 2.28. The van der Waals surface area contributed by atoms with Gasteiger partial charge in [-0.1, -0.05) is 178 Å². The van der Waals surface area contributed by atoms with Crippen LogP contribution in [0.25, 0.3) is 0 Å². The molecule has 1 rings (SSSR count). The number of hydrogen-bond donors (Lipinski definition) is 4. The van der Waals surface area contributed by atoms with Gasteiger partial charge in [-0.25, -0.2) is 0 Å². The Hall–Kier alpha value is -2.34. The van der Waals surface area contributed by atoms with E-state index in [9.17, 15) is 30.0 Å². The molecule has 0 aromatic heterocycles. The molecule has 0 spiro atoms. The van der Waals surface area contributed by atoms with Gasteiger partial charge in [-0.3, -0.25) is 9.59 Å². The molecule has 0 aromatic carbocycles. The average Bonchev–Trinajstić information content (AvgIpc) is 3.28. The van der Waals surface area contributed by atoms with Crippen LogP contribution in [-0.2, 0) is 28.5 Å². The fourth-order valence-electron chi connectivity index (χ4n) is 7.60. The van der Waals surface area contributed by atoms with Crippen LogP contribution in [0.3, 0.4) is 0 Å². The molecule has 0 saturated carbocycles. The zero-order chi connectivity index (χ0) is 45.9. The van der Waals surface area contributed by atoms with Crippen LogP contribution in [0.4, 0.5) is 0 Å². The Kier molecular flexibility index (Phi) is 40.6. The second kappa shape index (κ2) is 43.5. The summed E-state index contributed by atoms with van der Waals surface area (Å²) in [6.07, 6.45) is 45.4. The summed E-state index contributed by atoms with van der Waals surface area (Å²) in [5.41, 5.74) is 0. The molecule has 1 aliphatic rings. The Morgan fingerprint density at radius 3 is 1.38 bits per heavy atom. The lowest BCUT2D eigenvalue weighted by atomic mass is 9.99. The quantitative estimate of drug-likeness (QED) is 0.0264. The Morgan fingerprint density at radius 1 is 0.492 bits per heavy atom. The topological polar surface area (TPSA) is 152 Å². The van der Waals surface area contributed by atoms with Gasteiger partial charge in [-0.2, -0.15) is 0 Å². The largest absolute Gasteiger partial charge is 0.462 e. The third kappa shape index (κ3) is 34.6. The zero-order valence-electron chi connectivity index (χ0n) is 40.1. The van der Waals surface area contributed by atoms with E-state index in [1.54, 1.807) is 0 Å². The van der Waals surface area contributed by atoms with Crippen molar-refractivity contribution in [3.05, 3.63) is 48.6 Å². The minimum atomic E-state index is -1.60. The van der Waals surface area contributed by atoms with Gasteiger partial charge in [0.05, 0.1) is 13.2 Å². The molecule has 63 heavy (non-hydrogen) atoms. The van der Waals surface area contributed by atoms with E-state index in [0.29, 0.717) is 12.8 Å². The first kappa shape index (κ1) is 58.7. The highest BCUT2D eigenvalue weighted by Crippen LogP contribution is 2.23. The van der Waals surface area contributed by atoms with E-state index in [-0.39, 0.29) is 26.1 Å². The maximum absolute atomic E-state index is 12.8. The number of aliphatic hydroxyl groups is 4. The molecule has 1 aliphatic heterocycles. The molecule has 0 amide bonds. The van der Waals surface area contributed by atoms with Gasteiger partial charge in [-0.15, -0.1) is 0 Å². The van der Waals surface area contributed by atoms with Crippen molar-refractivity contribution in [1.29, 1.82) is 0 Å². The van der Waals surface area contributed by atoms with Crippen molar-refractivity contribution in [3.8, 4) is 0 Å². The Bertz CT molecular complexity index is 1170. The molecule has 10 nitrogen and oxygen atoms in total. The van der Waals surface area contributed by atoms with Crippen molar-refractivity contribution in [1.82, 2.24) is 0 Å². The maximum atomic E-state index is 12.8. The number of allylic oxidation sites excluding steroid dienone is 8. The van der Waals surface area contributed by atoms with Crippen LogP contribution in [-0.4, -0.2) is 89.0 Å². The van der Waals surface area contributed by atoms with E-state index in [0.717, 1.165) is 57.8 Å². The van der Waals surface area contributed by atoms with Gasteiger partial charge in [0.25, 0.3) is 0 Å². The number of hydrogen-bond acceptors (Lipinski definition) is 10. The summed E-state index contributed by atoms with van der Waals surface area (Å²) in [7, 11) is 0. The minimum absolute atomic E-state index is 0.224. The molecule has 1 saturated heterocycles. The lowest BCUT2D eigenvalue weighted by Gasteiger charge is -2.39. The Labute approximate surface area is 384 Å². The highest BCUT2D eigenvalue weighted by molar-refractivity contribution is 5.70. The monoisotopic (exact) mass is 891 g/mol. The molecule has 0 aromatic rings. The number of esters is 2. The first-order valence-electron chi connectivity index (χ1n) is 25.7. The number of carbonyl (C=O) groups excluding carboxylic acids is 2. The third-order valence-electron chi connectivity index (χ3n) is 11.7. The SMILES string of the molecule is CCCCC/C=C/C/C=C/C/C=C/CCCCCCC(=O)OC[C@H](CO[C@@H]1O[C@H](CO)[C@H](O)C(O)C1O)OC(=O)CCCCCCCCCCCCC/C=C/CCCCCCCC. The molecule has 0 bridgehead atoms. The van der Waals surface area contributed by atoms with Crippen LogP contribution in [0.2, 0.25) is 0 Å². The summed E-state index contributed by atoms with van der Waals surface area (Å²) >= 11 is 0. The number of aliphatic hydroxyl groups excluding tert-OH is 4. The molecule has 6 atom stereocenters. The van der Waals surface area contributed by atoms with Gasteiger partial charge < -0.3 is 39.4 Å². The van der Waals surface area contributed by atoms with E-state index in [4.69, 9.17) is 18.9 Å². The van der Waals surface area contributed by atoms with Crippen molar-refractivity contribution in [2.45, 2.75) is 256 Å². The average molecular weight is 891 g/mol. The standard InChI is InChI=1S/C53H94O10/c1-3-5-7-9-11-13-15-17-19-21-22-23-24-26-28-30-32-34-36-38-40-42-49(56)62-46(45-61-53-52(59)51(58)50(57)47(43-54)63-53)44-60-48(55)41-39-37-35-33-31-29-27-25-20-18-16-14-12-10-8-6-4-2/h12,14,17-20,27,29,46-47,50-54,57-59H,3-11,13,15-16,21-26,28,30-45H2,1-2H3/b14-12+,19-17+,20-18+,29-27+/t46-,47-,50+,51?,52?,53-/m1/s1. The fourth-order valence-corrected chi connectivity index (χ4v) is 7.60. The van der Waals surface area contributed by atoms with Gasteiger partial charge in [0.2, 0.25) is 0 Å². The van der Waals surface area contributed by atoms with Crippen LogP contribution >= 0.6 is 0 Å². The van der Waals surface area contributed by atoms with Crippen molar-refractivity contribution in [3.63, 3.8) is 0 Å². The summed E-state index contributed by atoms with van der Waals surface area (Å²) in [5, 5.41) is 40.2. The molecular formula is C53H94O10. The van der Waals surface area contributed by atoms with Gasteiger partial charge in [0, 0.05) is 12.8 Å². The van der Waals surface area contributed by atoms with Crippen molar-refractivity contribution in [2.24, 2.45) is 0 Å². The first-order chi connectivity index (χ1) is 30.8. The van der Waals surface area contributed by atoms with Gasteiger partial charge in [0.15, 0.2) is 12.4 Å². The normalized spacial score (nSPS) is 19.9.